The second-order valence-corrected chi connectivity index (χ2v) is 2.73. The lowest BCUT2D eigenvalue weighted by Gasteiger charge is -2.02. The van der Waals surface area contributed by atoms with Gasteiger partial charge in [0.05, 0.1) is 6.61 Å². The molecule has 1 aromatic heterocycles. The smallest absolute Gasteiger partial charge is 0.367 e. The van der Waals surface area contributed by atoms with Crippen molar-refractivity contribution in [1.29, 1.82) is 0 Å². The summed E-state index contributed by atoms with van der Waals surface area (Å²) >= 11 is 0. The molecular weight excluding hydrogens is 194 g/mol. The number of hydrogen-bond donors (Lipinski definition) is 2. The Bertz CT molecular complexity index is 459. The summed E-state index contributed by atoms with van der Waals surface area (Å²) in [6, 6.07) is 0. The Morgan fingerprint density at radius 1 is 1.36 bits per heavy atom. The van der Waals surface area contributed by atoms with Crippen molar-refractivity contribution in [3.8, 4) is 0 Å². The molecule has 0 saturated carbocycles. The van der Waals surface area contributed by atoms with Gasteiger partial charge < -0.3 is 9.57 Å². The maximum absolute atomic E-state index is 11.0. The van der Waals surface area contributed by atoms with Crippen LogP contribution in [-0.2, 0) is 4.74 Å². The van der Waals surface area contributed by atoms with Crippen LogP contribution >= 0.6 is 0 Å². The van der Waals surface area contributed by atoms with Crippen molar-refractivity contribution < 1.29 is 9.57 Å². The Morgan fingerprint density at radius 3 is 2.43 bits per heavy atom. The van der Waals surface area contributed by atoms with Crippen LogP contribution in [-0.4, -0.2) is 34.0 Å². The molecule has 2 rings (SSSR count). The molecule has 0 aliphatic carbocycles. The topological polar surface area (TPSA) is 109 Å². The van der Waals surface area contributed by atoms with Gasteiger partial charge in [0.1, 0.15) is 12.7 Å². The molecule has 8 heteroatoms. The number of epoxide rings is 1. The summed E-state index contributed by atoms with van der Waals surface area (Å²) in [7, 11) is 0. The van der Waals surface area contributed by atoms with Crippen LogP contribution in [0.3, 0.4) is 0 Å². The van der Waals surface area contributed by atoms with Gasteiger partial charge in [0.2, 0.25) is 0 Å². The summed E-state index contributed by atoms with van der Waals surface area (Å²) in [6.07, 6.45) is -0.0757. The zero-order chi connectivity index (χ0) is 10.1. The third-order valence-corrected chi connectivity index (χ3v) is 1.60. The molecule has 1 fully saturated rings. The van der Waals surface area contributed by atoms with E-state index < -0.39 is 17.1 Å². The zero-order valence-electron chi connectivity index (χ0n) is 6.98. The molecule has 0 spiro atoms. The first kappa shape index (κ1) is 8.75. The van der Waals surface area contributed by atoms with Crippen molar-refractivity contribution in [2.24, 2.45) is 0 Å². The average molecular weight is 201 g/mol. The first-order chi connectivity index (χ1) is 6.66. The Hall–Kier alpha value is -1.83. The molecule has 1 saturated heterocycles. The van der Waals surface area contributed by atoms with Crippen molar-refractivity contribution in [3.63, 3.8) is 0 Å². The van der Waals surface area contributed by atoms with Gasteiger partial charge in [0.15, 0.2) is 0 Å². The SMILES string of the molecule is O=c1[nH]c(=O)n(OCC2CO2)c(=O)[nH]1. The van der Waals surface area contributed by atoms with E-state index in [0.29, 0.717) is 11.3 Å². The first-order valence-electron chi connectivity index (χ1n) is 3.87. The molecule has 1 aromatic rings. The molecule has 14 heavy (non-hydrogen) atoms. The minimum atomic E-state index is -0.903. The minimum Gasteiger partial charge on any atom is -0.402 e. The van der Waals surface area contributed by atoms with Gasteiger partial charge in [-0.1, -0.05) is 4.73 Å². The number of rotatable bonds is 3. The summed E-state index contributed by atoms with van der Waals surface area (Å²) < 4.78 is 5.26. The van der Waals surface area contributed by atoms with E-state index in [4.69, 9.17) is 9.57 Å². The van der Waals surface area contributed by atoms with Gasteiger partial charge in [-0.2, -0.15) is 0 Å². The molecule has 0 bridgehead atoms. The normalized spacial score (nSPS) is 19.3. The molecule has 1 atom stereocenters. The second-order valence-electron chi connectivity index (χ2n) is 2.73. The molecule has 1 unspecified atom stereocenters. The molecule has 2 N–H and O–H groups in total. The molecule has 1 aliphatic heterocycles. The molecule has 8 nitrogen and oxygen atoms in total. The van der Waals surface area contributed by atoms with Crippen molar-refractivity contribution in [1.82, 2.24) is 14.7 Å². The fraction of sp³-hybridized carbons (Fsp3) is 0.500. The monoisotopic (exact) mass is 201 g/mol. The van der Waals surface area contributed by atoms with Crippen molar-refractivity contribution in [3.05, 3.63) is 31.5 Å². The number of ether oxygens (including phenoxy) is 1. The molecular formula is C6H7N3O5. The van der Waals surface area contributed by atoms with Gasteiger partial charge in [0, 0.05) is 0 Å². The van der Waals surface area contributed by atoms with Gasteiger partial charge >= 0.3 is 17.1 Å². The predicted octanol–water partition coefficient (Wildman–Crippen LogP) is -2.95. The number of nitrogens with zero attached hydrogens (tertiary/aromatic N) is 1. The third-order valence-electron chi connectivity index (χ3n) is 1.60. The Labute approximate surface area is 76.1 Å². The molecule has 0 radical (unpaired) electrons. The van der Waals surface area contributed by atoms with E-state index in [2.05, 4.69) is 0 Å². The standard InChI is InChI=1S/C6H7N3O5/c10-4-7-5(11)9(6(12)8-4)14-2-3-1-13-3/h3H,1-2H2,(H2,7,8,10,11,12). The first-order valence-corrected chi connectivity index (χ1v) is 3.87. The van der Waals surface area contributed by atoms with Crippen LogP contribution in [0.25, 0.3) is 0 Å². The van der Waals surface area contributed by atoms with E-state index in [9.17, 15) is 14.4 Å². The van der Waals surface area contributed by atoms with E-state index in [1.165, 1.54) is 0 Å². The maximum Gasteiger partial charge on any atom is 0.367 e. The quantitative estimate of drug-likeness (QED) is 0.508. The van der Waals surface area contributed by atoms with Gasteiger partial charge in [-0.25, -0.2) is 14.4 Å². The lowest BCUT2D eigenvalue weighted by molar-refractivity contribution is 0.0747. The van der Waals surface area contributed by atoms with Crippen LogP contribution in [0.2, 0.25) is 0 Å². The zero-order valence-corrected chi connectivity index (χ0v) is 6.98. The number of nitrogens with one attached hydrogen (secondary N) is 2. The molecule has 0 aromatic carbocycles. The van der Waals surface area contributed by atoms with E-state index >= 15 is 0 Å². The largest absolute Gasteiger partial charge is 0.402 e. The van der Waals surface area contributed by atoms with E-state index in [-0.39, 0.29) is 12.7 Å². The van der Waals surface area contributed by atoms with Crippen LogP contribution in [0.15, 0.2) is 14.4 Å². The van der Waals surface area contributed by atoms with Gasteiger partial charge in [-0.05, 0) is 0 Å². The van der Waals surface area contributed by atoms with Crippen LogP contribution in [0.5, 0.6) is 0 Å². The van der Waals surface area contributed by atoms with Crippen molar-refractivity contribution in [2.45, 2.75) is 6.10 Å². The number of aromatic amines is 2. The van der Waals surface area contributed by atoms with Crippen LogP contribution in [0, 0.1) is 0 Å². The summed E-state index contributed by atoms with van der Waals surface area (Å²) in [6.45, 7) is 0.658. The van der Waals surface area contributed by atoms with Crippen LogP contribution in [0.1, 0.15) is 0 Å². The summed E-state index contributed by atoms with van der Waals surface area (Å²) in [5, 5.41) is 0. The van der Waals surface area contributed by atoms with E-state index in [1.54, 1.807) is 0 Å². The Kier molecular flexibility index (Phi) is 1.97. The lowest BCUT2D eigenvalue weighted by Crippen LogP contribution is -2.47. The highest BCUT2D eigenvalue weighted by atomic mass is 16.7. The highest BCUT2D eigenvalue weighted by Gasteiger charge is 2.24. The molecule has 76 valence electrons. The number of hydrogen-bond acceptors (Lipinski definition) is 5. The highest BCUT2D eigenvalue weighted by Crippen LogP contribution is 2.06. The van der Waals surface area contributed by atoms with Crippen LogP contribution < -0.4 is 21.9 Å². The summed E-state index contributed by atoms with van der Waals surface area (Å²) in [4.78, 5) is 41.2. The number of aromatic nitrogens is 3. The highest BCUT2D eigenvalue weighted by molar-refractivity contribution is 4.69. The van der Waals surface area contributed by atoms with Crippen LogP contribution in [0.4, 0.5) is 0 Å². The lowest BCUT2D eigenvalue weighted by atomic mass is 10.5. The van der Waals surface area contributed by atoms with Gasteiger partial charge in [-0.15, -0.1) is 0 Å². The van der Waals surface area contributed by atoms with E-state index in [0.717, 1.165) is 0 Å². The third kappa shape index (κ3) is 1.74. The Balaban J connectivity index is 2.27. The second kappa shape index (κ2) is 3.14. The van der Waals surface area contributed by atoms with E-state index in [1.807, 2.05) is 9.97 Å². The molecule has 2 heterocycles. The number of H-pyrrole nitrogens is 2. The predicted molar refractivity (Wildman–Crippen MR) is 43.1 cm³/mol. The van der Waals surface area contributed by atoms with Crippen molar-refractivity contribution in [2.75, 3.05) is 13.2 Å². The fourth-order valence-corrected chi connectivity index (χ4v) is 0.858. The van der Waals surface area contributed by atoms with Gasteiger partial charge in [-0.3, -0.25) is 9.97 Å². The van der Waals surface area contributed by atoms with Crippen molar-refractivity contribution >= 4 is 0 Å². The summed E-state index contributed by atoms with van der Waals surface area (Å²) in [5.41, 5.74) is -2.67. The minimum absolute atomic E-state index is 0.0757. The average Bonchev–Trinajstić information content (AvgIpc) is 2.85. The summed E-state index contributed by atoms with van der Waals surface area (Å²) in [5.74, 6) is 0. The Morgan fingerprint density at radius 2 is 1.93 bits per heavy atom. The molecule has 0 amide bonds. The maximum atomic E-state index is 11.0. The molecule has 1 aliphatic rings. The fourth-order valence-electron chi connectivity index (χ4n) is 0.858. The van der Waals surface area contributed by atoms with Gasteiger partial charge in [0.25, 0.3) is 0 Å².